The van der Waals surface area contributed by atoms with Crippen LogP contribution in [0.1, 0.15) is 21.9 Å². The van der Waals surface area contributed by atoms with E-state index in [0.717, 1.165) is 36.9 Å². The minimum Gasteiger partial charge on any atom is -0.309 e. The van der Waals surface area contributed by atoms with Crippen LogP contribution in [0, 0.1) is 0 Å². The Labute approximate surface area is 340 Å². The first-order chi connectivity index (χ1) is 34.0. The predicted molar refractivity (Wildman–Crippen MR) is 228 cm³/mol. The van der Waals surface area contributed by atoms with Crippen LogP contribution in [0.15, 0.2) is 194 Å². The number of para-hydroxylation sites is 1. The molecule has 0 spiro atoms. The standard InChI is InChI=1S/C51H32N4/c1-3-14-33(15-4-1)36-28-31-47-45(32-36)41-21-11-12-25-46(41)55(47)37-29-26-35(27-30-37)50-52-49(34-16-5-2-6-17-34)53-51(54-50)44-24-13-23-43-40-19-8-7-18-38(40)39-20-9-10-22-42(39)48(43)44/h1-32H/i1D,3D,4D,11D,12D,14D,15D,21D,25D,26D,27D,28D,29D,30D,31D,32D. The maximum absolute atomic E-state index is 9.62. The van der Waals surface area contributed by atoms with Gasteiger partial charge in [-0.25, -0.2) is 15.0 Å². The summed E-state index contributed by atoms with van der Waals surface area (Å²) in [6.07, 6.45) is 0. The van der Waals surface area contributed by atoms with Gasteiger partial charge in [-0.15, -0.1) is 0 Å². The van der Waals surface area contributed by atoms with Crippen LogP contribution < -0.4 is 0 Å². The first-order valence-electron chi connectivity index (χ1n) is 25.3. The molecule has 4 nitrogen and oxygen atoms in total. The van der Waals surface area contributed by atoms with Crippen LogP contribution in [-0.4, -0.2) is 19.5 Å². The van der Waals surface area contributed by atoms with Crippen LogP contribution in [-0.2, 0) is 0 Å². The fourth-order valence-corrected chi connectivity index (χ4v) is 7.23. The lowest BCUT2D eigenvalue weighted by atomic mass is 9.91. The molecular formula is C51H32N4. The van der Waals surface area contributed by atoms with Crippen molar-refractivity contribution in [1.82, 2.24) is 19.5 Å². The second-order valence-corrected chi connectivity index (χ2v) is 12.7. The predicted octanol–water partition coefficient (Wildman–Crippen LogP) is 13.1. The highest BCUT2D eigenvalue weighted by atomic mass is 15.0. The number of nitrogens with zero attached hydrogens (tertiary/aromatic N) is 4. The van der Waals surface area contributed by atoms with Crippen LogP contribution >= 0.6 is 0 Å². The summed E-state index contributed by atoms with van der Waals surface area (Å²) in [5.74, 6) is 0.0978. The lowest BCUT2D eigenvalue weighted by molar-refractivity contribution is 1.07. The van der Waals surface area contributed by atoms with E-state index in [9.17, 15) is 9.60 Å². The summed E-state index contributed by atoms with van der Waals surface area (Å²) in [6.45, 7) is 0. The van der Waals surface area contributed by atoms with Gasteiger partial charge in [-0.1, -0.05) is 151 Å². The summed E-state index contributed by atoms with van der Waals surface area (Å²) in [6, 6.07) is 18.6. The summed E-state index contributed by atoms with van der Waals surface area (Å²) < 4.78 is 145. The topological polar surface area (TPSA) is 43.6 Å². The van der Waals surface area contributed by atoms with E-state index in [1.54, 1.807) is 24.3 Å². The van der Waals surface area contributed by atoms with Gasteiger partial charge in [0.2, 0.25) is 0 Å². The molecule has 11 rings (SSSR count). The van der Waals surface area contributed by atoms with Crippen LogP contribution in [0.2, 0.25) is 0 Å². The van der Waals surface area contributed by atoms with Gasteiger partial charge < -0.3 is 4.57 Å². The summed E-state index contributed by atoms with van der Waals surface area (Å²) in [4.78, 5) is 14.6. The van der Waals surface area contributed by atoms with Crippen molar-refractivity contribution >= 4 is 54.1 Å². The maximum atomic E-state index is 9.62. The summed E-state index contributed by atoms with van der Waals surface area (Å²) >= 11 is 0. The highest BCUT2D eigenvalue weighted by Crippen LogP contribution is 2.40. The van der Waals surface area contributed by atoms with E-state index in [0.29, 0.717) is 11.1 Å². The molecule has 0 unspecified atom stereocenters. The fourth-order valence-electron chi connectivity index (χ4n) is 7.23. The molecule has 0 saturated carbocycles. The minimum absolute atomic E-state index is 0.159. The summed E-state index contributed by atoms with van der Waals surface area (Å²) in [5, 5.41) is 4.86. The number of hydrogen-bond acceptors (Lipinski definition) is 3. The van der Waals surface area contributed by atoms with E-state index in [4.69, 9.17) is 27.3 Å². The molecule has 2 heterocycles. The highest BCUT2D eigenvalue weighted by molar-refractivity contribution is 6.28. The zero-order valence-electron chi connectivity index (χ0n) is 44.5. The zero-order chi connectivity index (χ0) is 50.2. The molecule has 4 heteroatoms. The third-order valence-corrected chi connectivity index (χ3v) is 9.64. The van der Waals surface area contributed by atoms with E-state index in [-0.39, 0.29) is 23.0 Å². The van der Waals surface area contributed by atoms with Gasteiger partial charge in [0.15, 0.2) is 17.5 Å². The Kier molecular flexibility index (Phi) is 4.37. The third-order valence-electron chi connectivity index (χ3n) is 9.64. The van der Waals surface area contributed by atoms with Gasteiger partial charge in [-0.2, -0.15) is 0 Å². The second kappa shape index (κ2) is 12.6. The van der Waals surface area contributed by atoms with E-state index in [2.05, 4.69) is 6.07 Å². The Hall–Kier alpha value is -7.43. The van der Waals surface area contributed by atoms with Gasteiger partial charge in [0.05, 0.1) is 33.0 Å². The van der Waals surface area contributed by atoms with E-state index in [1.807, 2.05) is 66.7 Å². The Balaban J connectivity index is 1.22. The van der Waals surface area contributed by atoms with Crippen LogP contribution in [0.5, 0.6) is 0 Å². The highest BCUT2D eigenvalue weighted by Gasteiger charge is 2.18. The molecule has 55 heavy (non-hydrogen) atoms. The van der Waals surface area contributed by atoms with E-state index >= 15 is 0 Å². The normalized spacial score (nSPS) is 15.7. The molecule has 0 fully saturated rings. The van der Waals surface area contributed by atoms with Crippen molar-refractivity contribution in [2.45, 2.75) is 0 Å². The van der Waals surface area contributed by atoms with Crippen molar-refractivity contribution in [3.05, 3.63) is 194 Å². The largest absolute Gasteiger partial charge is 0.309 e. The van der Waals surface area contributed by atoms with Gasteiger partial charge in [0.25, 0.3) is 0 Å². The third kappa shape index (κ3) is 5.11. The van der Waals surface area contributed by atoms with Crippen molar-refractivity contribution < 1.29 is 21.9 Å². The number of benzene rings is 9. The van der Waals surface area contributed by atoms with E-state index < -0.39 is 135 Å². The number of aromatic nitrogens is 4. The Bertz CT molecular complexity index is 4090. The van der Waals surface area contributed by atoms with Crippen molar-refractivity contribution in [1.29, 1.82) is 0 Å². The first kappa shape index (κ1) is 19.1. The average Bonchev–Trinajstić information content (AvgIpc) is 3.74. The molecule has 0 atom stereocenters. The van der Waals surface area contributed by atoms with Gasteiger partial charge in [0.1, 0.15) is 0 Å². The molecule has 256 valence electrons. The van der Waals surface area contributed by atoms with Gasteiger partial charge in [-0.05, 0) is 80.4 Å². The van der Waals surface area contributed by atoms with E-state index in [1.165, 1.54) is 0 Å². The molecule has 0 aliphatic rings. The smallest absolute Gasteiger partial charge is 0.164 e. The quantitative estimate of drug-likeness (QED) is 0.167. The maximum Gasteiger partial charge on any atom is 0.164 e. The molecule has 9 aromatic carbocycles. The van der Waals surface area contributed by atoms with Crippen molar-refractivity contribution in [3.8, 4) is 51.0 Å². The number of rotatable bonds is 5. The Morgan fingerprint density at radius 1 is 0.364 bits per heavy atom. The first-order valence-corrected chi connectivity index (χ1v) is 17.3. The average molecular weight is 717 g/mol. The summed E-state index contributed by atoms with van der Waals surface area (Å²) in [5.41, 5.74) is -1.90. The molecule has 11 aromatic rings. The second-order valence-electron chi connectivity index (χ2n) is 12.7. The fraction of sp³-hybridized carbons (Fsp3) is 0. The Morgan fingerprint density at radius 3 is 1.67 bits per heavy atom. The molecule has 0 radical (unpaired) electrons. The minimum atomic E-state index is -0.826. The van der Waals surface area contributed by atoms with Gasteiger partial charge in [-0.3, -0.25) is 0 Å². The molecule has 0 saturated heterocycles. The lowest BCUT2D eigenvalue weighted by Gasteiger charge is -2.15. The van der Waals surface area contributed by atoms with Gasteiger partial charge >= 0.3 is 0 Å². The molecule has 0 N–H and O–H groups in total. The van der Waals surface area contributed by atoms with Crippen molar-refractivity contribution in [2.75, 3.05) is 0 Å². The zero-order valence-corrected chi connectivity index (χ0v) is 28.5. The molecule has 2 aromatic heterocycles. The molecule has 0 bridgehead atoms. The monoisotopic (exact) mass is 716 g/mol. The number of fused-ring (bicyclic) bond motifs is 9. The van der Waals surface area contributed by atoms with Crippen LogP contribution in [0.4, 0.5) is 0 Å². The molecule has 0 aliphatic heterocycles. The molecular weight excluding hydrogens is 669 g/mol. The Morgan fingerprint density at radius 2 is 0.927 bits per heavy atom. The van der Waals surface area contributed by atoms with Crippen LogP contribution in [0.25, 0.3) is 105 Å². The van der Waals surface area contributed by atoms with Crippen LogP contribution in [0.3, 0.4) is 0 Å². The lowest BCUT2D eigenvalue weighted by Crippen LogP contribution is -2.01. The number of hydrogen-bond donors (Lipinski definition) is 0. The molecule has 0 amide bonds. The summed E-state index contributed by atoms with van der Waals surface area (Å²) in [7, 11) is 0. The van der Waals surface area contributed by atoms with Crippen molar-refractivity contribution in [3.63, 3.8) is 0 Å². The molecule has 0 aliphatic carbocycles. The van der Waals surface area contributed by atoms with Gasteiger partial charge in [0, 0.05) is 38.5 Å². The van der Waals surface area contributed by atoms with Crippen molar-refractivity contribution in [2.24, 2.45) is 0 Å². The SMILES string of the molecule is [2H]c1c([2H])c([2H])c(-c2c([2H])c([2H])c3c(c2[2H])c2c([2H])c([2H])c([2H])c([2H])c2n3-c2c([2H])c([2H])c(-c3nc(-c4ccccc4)nc(-c4cccc5c6ccccc6c6ccccc6c45)n3)c([2H])c2[2H])c([2H])c1[2H].